The molecule has 116 valence electrons. The lowest BCUT2D eigenvalue weighted by Crippen LogP contribution is -2.35. The molecule has 0 aromatic heterocycles. The van der Waals surface area contributed by atoms with Crippen LogP contribution in [-0.4, -0.2) is 31.1 Å². The number of nitrogens with zero attached hydrogens (tertiary/aromatic N) is 1. The molecule has 2 rings (SSSR count). The van der Waals surface area contributed by atoms with Gasteiger partial charge in [0.2, 0.25) is 5.91 Å². The van der Waals surface area contributed by atoms with Gasteiger partial charge in [-0.05, 0) is 51.0 Å². The summed E-state index contributed by atoms with van der Waals surface area (Å²) in [6.07, 6.45) is 0.576. The molecular weight excluding hydrogens is 262 g/mol. The Morgan fingerprint density at radius 3 is 2.71 bits per heavy atom. The molecule has 1 amide bonds. The second kappa shape index (κ2) is 6.48. The normalized spacial score (nSPS) is 16.6. The molecule has 0 aliphatic carbocycles. The highest BCUT2D eigenvalue weighted by Crippen LogP contribution is 2.20. The van der Waals surface area contributed by atoms with Gasteiger partial charge in [0.15, 0.2) is 0 Å². The van der Waals surface area contributed by atoms with E-state index in [0.29, 0.717) is 6.42 Å². The fourth-order valence-electron chi connectivity index (χ4n) is 2.46. The summed E-state index contributed by atoms with van der Waals surface area (Å²) in [6.45, 7) is 12.0. The zero-order valence-corrected chi connectivity index (χ0v) is 13.6. The predicted molar refractivity (Wildman–Crippen MR) is 87.6 cm³/mol. The van der Waals surface area contributed by atoms with Crippen molar-refractivity contribution < 1.29 is 4.79 Å². The molecule has 21 heavy (non-hydrogen) atoms. The van der Waals surface area contributed by atoms with Crippen LogP contribution in [-0.2, 0) is 11.3 Å². The van der Waals surface area contributed by atoms with Gasteiger partial charge >= 0.3 is 0 Å². The Morgan fingerprint density at radius 1 is 1.29 bits per heavy atom. The molecule has 4 heteroatoms. The predicted octanol–water partition coefficient (Wildman–Crippen LogP) is 2.21. The zero-order chi connectivity index (χ0) is 15.5. The van der Waals surface area contributed by atoms with Crippen molar-refractivity contribution in [2.24, 2.45) is 0 Å². The molecule has 1 saturated heterocycles. The molecule has 0 spiro atoms. The number of hydrogen-bond donors (Lipinski definition) is 2. The number of aryl methyl sites for hydroxylation is 1. The third kappa shape index (κ3) is 4.74. The van der Waals surface area contributed by atoms with Crippen molar-refractivity contribution in [2.45, 2.75) is 46.2 Å². The van der Waals surface area contributed by atoms with Gasteiger partial charge < -0.3 is 15.5 Å². The molecular formula is C17H27N3O. The maximum absolute atomic E-state index is 11.4. The van der Waals surface area contributed by atoms with Gasteiger partial charge in [0.1, 0.15) is 0 Å². The van der Waals surface area contributed by atoms with Crippen molar-refractivity contribution in [3.8, 4) is 0 Å². The van der Waals surface area contributed by atoms with E-state index in [-0.39, 0.29) is 11.4 Å². The third-order valence-corrected chi connectivity index (χ3v) is 3.81. The summed E-state index contributed by atoms with van der Waals surface area (Å²) >= 11 is 0. The molecule has 0 radical (unpaired) electrons. The minimum atomic E-state index is 0.127. The van der Waals surface area contributed by atoms with Crippen molar-refractivity contribution in [2.75, 3.05) is 24.5 Å². The van der Waals surface area contributed by atoms with Gasteiger partial charge in [-0.1, -0.05) is 6.07 Å². The van der Waals surface area contributed by atoms with Gasteiger partial charge in [0.05, 0.1) is 0 Å². The van der Waals surface area contributed by atoms with Crippen LogP contribution in [0.4, 0.5) is 5.69 Å². The molecule has 4 nitrogen and oxygen atoms in total. The monoisotopic (exact) mass is 289 g/mol. The minimum absolute atomic E-state index is 0.127. The highest BCUT2D eigenvalue weighted by Gasteiger charge is 2.15. The van der Waals surface area contributed by atoms with E-state index in [9.17, 15) is 4.79 Å². The molecule has 0 saturated carbocycles. The molecule has 0 atom stereocenters. The number of rotatable bonds is 3. The topological polar surface area (TPSA) is 44.4 Å². The van der Waals surface area contributed by atoms with Crippen LogP contribution >= 0.6 is 0 Å². The summed E-state index contributed by atoms with van der Waals surface area (Å²) in [7, 11) is 0. The summed E-state index contributed by atoms with van der Waals surface area (Å²) < 4.78 is 0. The molecule has 1 aromatic carbocycles. The maximum atomic E-state index is 11.4. The Kier molecular flexibility index (Phi) is 4.88. The van der Waals surface area contributed by atoms with E-state index >= 15 is 0 Å². The lowest BCUT2D eigenvalue weighted by molar-refractivity contribution is -0.120. The van der Waals surface area contributed by atoms with Crippen molar-refractivity contribution in [3.63, 3.8) is 0 Å². The molecule has 1 heterocycles. The molecule has 0 bridgehead atoms. The molecule has 0 unspecified atom stereocenters. The van der Waals surface area contributed by atoms with Crippen molar-refractivity contribution >= 4 is 11.6 Å². The van der Waals surface area contributed by atoms with Crippen LogP contribution < -0.4 is 15.5 Å². The fourth-order valence-corrected chi connectivity index (χ4v) is 2.46. The lowest BCUT2D eigenvalue weighted by Gasteiger charge is -2.24. The van der Waals surface area contributed by atoms with E-state index in [1.807, 2.05) is 0 Å². The van der Waals surface area contributed by atoms with Crippen LogP contribution in [0.2, 0.25) is 0 Å². The highest BCUT2D eigenvalue weighted by atomic mass is 16.1. The third-order valence-electron chi connectivity index (χ3n) is 3.81. The Bertz CT molecular complexity index is 505. The second-order valence-corrected chi connectivity index (χ2v) is 6.80. The Hall–Kier alpha value is -1.55. The molecule has 1 aliphatic heterocycles. The van der Waals surface area contributed by atoms with Crippen molar-refractivity contribution in [1.82, 2.24) is 10.6 Å². The average molecular weight is 289 g/mol. The van der Waals surface area contributed by atoms with Gasteiger partial charge in [0, 0.05) is 43.8 Å². The number of amides is 1. The van der Waals surface area contributed by atoms with Crippen LogP contribution in [0.5, 0.6) is 0 Å². The summed E-state index contributed by atoms with van der Waals surface area (Å²) in [5.74, 6) is 0.153. The molecule has 1 aliphatic rings. The molecule has 2 N–H and O–H groups in total. The van der Waals surface area contributed by atoms with E-state index < -0.39 is 0 Å². The highest BCUT2D eigenvalue weighted by molar-refractivity contribution is 5.77. The zero-order valence-electron chi connectivity index (χ0n) is 13.6. The van der Waals surface area contributed by atoms with Gasteiger partial charge in [-0.3, -0.25) is 4.79 Å². The van der Waals surface area contributed by atoms with Gasteiger partial charge in [0.25, 0.3) is 0 Å². The van der Waals surface area contributed by atoms with Gasteiger partial charge in [-0.25, -0.2) is 0 Å². The molecule has 1 fully saturated rings. The number of carbonyl (C=O) groups excluding carboxylic acids is 1. The van der Waals surface area contributed by atoms with Gasteiger partial charge in [-0.2, -0.15) is 0 Å². The van der Waals surface area contributed by atoms with Gasteiger partial charge in [-0.15, -0.1) is 0 Å². The van der Waals surface area contributed by atoms with E-state index in [1.54, 1.807) is 0 Å². The number of anilines is 1. The SMILES string of the molecule is Cc1cc(N2CCNC(=O)CC2)ccc1CNC(C)(C)C. The lowest BCUT2D eigenvalue weighted by atomic mass is 10.0. The van der Waals surface area contributed by atoms with E-state index in [2.05, 4.69) is 61.4 Å². The van der Waals surface area contributed by atoms with Crippen LogP contribution in [0.15, 0.2) is 18.2 Å². The fraction of sp³-hybridized carbons (Fsp3) is 0.588. The first-order valence-corrected chi connectivity index (χ1v) is 7.71. The maximum Gasteiger partial charge on any atom is 0.221 e. The summed E-state index contributed by atoms with van der Waals surface area (Å²) in [4.78, 5) is 13.7. The van der Waals surface area contributed by atoms with E-state index in [4.69, 9.17) is 0 Å². The Balaban J connectivity index is 2.06. The molecule has 1 aromatic rings. The first-order valence-electron chi connectivity index (χ1n) is 7.71. The largest absolute Gasteiger partial charge is 0.369 e. The summed E-state index contributed by atoms with van der Waals surface area (Å²) in [5.41, 5.74) is 3.97. The average Bonchev–Trinajstić information content (AvgIpc) is 2.61. The van der Waals surface area contributed by atoms with Crippen LogP contribution in [0.1, 0.15) is 38.3 Å². The van der Waals surface area contributed by atoms with Crippen molar-refractivity contribution in [3.05, 3.63) is 29.3 Å². The standard InChI is InChI=1S/C17H27N3O/c1-13-11-15(20-9-7-16(21)18-8-10-20)6-5-14(13)12-19-17(2,3)4/h5-6,11,19H,7-10,12H2,1-4H3,(H,18,21). The first kappa shape index (κ1) is 15.8. The summed E-state index contributed by atoms with van der Waals surface area (Å²) in [5, 5.41) is 6.44. The summed E-state index contributed by atoms with van der Waals surface area (Å²) in [6, 6.07) is 6.60. The van der Waals surface area contributed by atoms with Crippen LogP contribution in [0.3, 0.4) is 0 Å². The Labute approximate surface area is 127 Å². The number of carbonyl (C=O) groups is 1. The van der Waals surface area contributed by atoms with Crippen LogP contribution in [0.25, 0.3) is 0 Å². The Morgan fingerprint density at radius 2 is 2.05 bits per heavy atom. The van der Waals surface area contributed by atoms with E-state index in [1.165, 1.54) is 16.8 Å². The minimum Gasteiger partial charge on any atom is -0.369 e. The number of benzene rings is 1. The van der Waals surface area contributed by atoms with Crippen LogP contribution in [0, 0.1) is 6.92 Å². The number of hydrogen-bond acceptors (Lipinski definition) is 3. The smallest absolute Gasteiger partial charge is 0.221 e. The van der Waals surface area contributed by atoms with E-state index in [0.717, 1.165) is 26.2 Å². The number of nitrogens with one attached hydrogen (secondary N) is 2. The second-order valence-electron chi connectivity index (χ2n) is 6.80. The quantitative estimate of drug-likeness (QED) is 0.896. The van der Waals surface area contributed by atoms with Crippen molar-refractivity contribution in [1.29, 1.82) is 0 Å². The first-order chi connectivity index (χ1) is 9.85.